The molecule has 0 aliphatic carbocycles. The average molecular weight is 719 g/mol. The van der Waals surface area contributed by atoms with Crippen LogP contribution in [0.5, 0.6) is 17.2 Å². The zero-order valence-corrected chi connectivity index (χ0v) is 28.6. The highest BCUT2D eigenvalue weighted by Gasteiger charge is 2.54. The van der Waals surface area contributed by atoms with Crippen LogP contribution in [0.25, 0.3) is 22.3 Å². The molecule has 1 N–H and O–H groups in total. The molecule has 1 aromatic heterocycles. The molecular formula is C37H34O15. The number of aromatic hydroxyl groups is 1. The van der Waals surface area contributed by atoms with Crippen molar-refractivity contribution in [3.8, 4) is 28.6 Å². The number of rotatable bonds is 10. The highest BCUT2D eigenvalue weighted by Crippen LogP contribution is 2.48. The predicted octanol–water partition coefficient (Wildman–Crippen LogP) is 4.19. The molecule has 0 unspecified atom stereocenters. The van der Waals surface area contributed by atoms with Crippen LogP contribution in [-0.4, -0.2) is 73.1 Å². The summed E-state index contributed by atoms with van der Waals surface area (Å²) in [6.45, 7) is 3.82. The summed E-state index contributed by atoms with van der Waals surface area (Å²) in [7, 11) is 1.26. The van der Waals surface area contributed by atoms with Crippen molar-refractivity contribution in [3.63, 3.8) is 0 Å². The van der Waals surface area contributed by atoms with E-state index in [1.54, 1.807) is 18.2 Å². The van der Waals surface area contributed by atoms with E-state index in [-0.39, 0.29) is 39.4 Å². The normalized spacial score (nSPS) is 19.6. The first kappa shape index (κ1) is 37.0. The first-order valence-electron chi connectivity index (χ1n) is 15.8. The Morgan fingerprint density at radius 3 is 1.98 bits per heavy atom. The van der Waals surface area contributed by atoms with Gasteiger partial charge in [0.05, 0.1) is 18.2 Å². The molecule has 1 aliphatic rings. The van der Waals surface area contributed by atoms with Gasteiger partial charge in [-0.25, -0.2) is 4.79 Å². The zero-order chi connectivity index (χ0) is 37.7. The first-order chi connectivity index (χ1) is 24.8. The molecule has 0 bridgehead atoms. The van der Waals surface area contributed by atoms with Crippen molar-refractivity contribution in [1.29, 1.82) is 0 Å². The number of phenols is 1. The summed E-state index contributed by atoms with van der Waals surface area (Å²) >= 11 is 0. The molecule has 5 rings (SSSR count). The Kier molecular flexibility index (Phi) is 11.2. The first-order valence-corrected chi connectivity index (χ1v) is 15.8. The zero-order valence-electron chi connectivity index (χ0n) is 28.6. The Hall–Kier alpha value is -6.22. The van der Waals surface area contributed by atoms with Gasteiger partial charge in [0.2, 0.25) is 0 Å². The Morgan fingerprint density at radius 2 is 1.38 bits per heavy atom. The van der Waals surface area contributed by atoms with Gasteiger partial charge in [-0.1, -0.05) is 18.2 Å². The molecule has 1 saturated heterocycles. The van der Waals surface area contributed by atoms with Gasteiger partial charge in [-0.05, 0) is 36.4 Å². The van der Waals surface area contributed by atoms with Crippen LogP contribution in [0.15, 0.2) is 75.9 Å². The fraction of sp³-hybridized carbons (Fsp3) is 0.297. The van der Waals surface area contributed by atoms with Crippen molar-refractivity contribution in [2.45, 2.75) is 58.2 Å². The second kappa shape index (κ2) is 15.8. The van der Waals surface area contributed by atoms with Crippen molar-refractivity contribution in [1.82, 2.24) is 0 Å². The molecule has 15 heteroatoms. The largest absolute Gasteiger partial charge is 0.508 e. The molecule has 2 heterocycles. The van der Waals surface area contributed by atoms with Crippen molar-refractivity contribution in [2.24, 2.45) is 0 Å². The van der Waals surface area contributed by atoms with E-state index in [1.165, 1.54) is 49.6 Å². The number of esters is 5. The molecule has 0 spiro atoms. The van der Waals surface area contributed by atoms with E-state index in [0.717, 1.165) is 33.8 Å². The summed E-state index contributed by atoms with van der Waals surface area (Å²) in [5.74, 6) is -4.66. The number of methoxy groups -OCH3 is 1. The lowest BCUT2D eigenvalue weighted by molar-refractivity contribution is -0.254. The standard InChI is InChI=1S/C37H34O15/c1-18(38)46-17-29-32(47-19(2)39)35(48-20(3)40)36(49-21(4)41)34(51-29)31-27(45-5)16-28-30(33(31)52-37(44)23-9-7-6-8-10-23)25(43)15-26(50-28)22-11-13-24(42)14-12-22/h6-16,29,32,34-36,42H,17H2,1-5H3/t29-,32-,34+,35+,36+/m1/s1. The SMILES string of the molecule is COc1cc2oc(-c3ccc(O)cc3)cc(=O)c2c(OC(=O)c2ccccc2)c1[C@@H]1O[C@H](COC(C)=O)[C@@H](OC(C)=O)[C@H](OC(C)=O)[C@H]1OC(C)=O. The van der Waals surface area contributed by atoms with Crippen molar-refractivity contribution >= 4 is 40.8 Å². The number of fused-ring (bicyclic) bond motifs is 1. The second-order valence-corrected chi connectivity index (χ2v) is 11.6. The Labute approximate surface area is 295 Å². The number of ether oxygens (including phenoxy) is 7. The molecule has 15 nitrogen and oxygen atoms in total. The molecule has 52 heavy (non-hydrogen) atoms. The van der Waals surface area contributed by atoms with Crippen molar-refractivity contribution < 1.29 is 66.7 Å². The lowest BCUT2D eigenvalue weighted by atomic mass is 9.88. The quantitative estimate of drug-likeness (QED) is 0.139. The number of hydrogen-bond acceptors (Lipinski definition) is 15. The number of hydrogen-bond donors (Lipinski definition) is 1. The Balaban J connectivity index is 1.81. The van der Waals surface area contributed by atoms with Crippen LogP contribution >= 0.6 is 0 Å². The maximum absolute atomic E-state index is 14.0. The highest BCUT2D eigenvalue weighted by molar-refractivity contribution is 5.96. The van der Waals surface area contributed by atoms with Crippen LogP contribution in [0.4, 0.5) is 0 Å². The molecule has 1 fully saturated rings. The third-order valence-corrected chi connectivity index (χ3v) is 7.83. The van der Waals surface area contributed by atoms with E-state index >= 15 is 0 Å². The summed E-state index contributed by atoms with van der Waals surface area (Å²) in [5.41, 5.74) is -0.424. The average Bonchev–Trinajstić information content (AvgIpc) is 3.09. The monoisotopic (exact) mass is 718 g/mol. The molecule has 4 aromatic rings. The summed E-state index contributed by atoms with van der Waals surface area (Å²) in [4.78, 5) is 77.0. The smallest absolute Gasteiger partial charge is 0.343 e. The lowest BCUT2D eigenvalue weighted by Gasteiger charge is -2.45. The molecule has 272 valence electrons. The van der Waals surface area contributed by atoms with Crippen LogP contribution in [0.3, 0.4) is 0 Å². The van der Waals surface area contributed by atoms with Crippen LogP contribution < -0.4 is 14.9 Å². The van der Waals surface area contributed by atoms with Crippen molar-refractivity contribution in [3.05, 3.63) is 88.1 Å². The topological polar surface area (TPSA) is 200 Å². The van der Waals surface area contributed by atoms with Gasteiger partial charge in [0.15, 0.2) is 29.5 Å². The molecular weight excluding hydrogens is 684 g/mol. The van der Waals surface area contributed by atoms with Crippen LogP contribution in [-0.2, 0) is 42.9 Å². The molecule has 1 aliphatic heterocycles. The lowest BCUT2D eigenvalue weighted by Crippen LogP contribution is -2.59. The number of carbonyl (C=O) groups is 5. The van der Waals surface area contributed by atoms with E-state index in [9.17, 15) is 33.9 Å². The van der Waals surface area contributed by atoms with Crippen LogP contribution in [0.1, 0.15) is 49.7 Å². The second-order valence-electron chi connectivity index (χ2n) is 11.6. The van der Waals surface area contributed by atoms with Gasteiger partial charge in [0, 0.05) is 45.4 Å². The molecule has 3 aromatic carbocycles. The summed E-state index contributed by atoms with van der Waals surface area (Å²) in [6, 6.07) is 16.2. The Morgan fingerprint density at radius 1 is 0.769 bits per heavy atom. The highest BCUT2D eigenvalue weighted by atomic mass is 16.7. The van der Waals surface area contributed by atoms with E-state index in [2.05, 4.69) is 0 Å². The van der Waals surface area contributed by atoms with Gasteiger partial charge in [-0.3, -0.25) is 24.0 Å². The third-order valence-electron chi connectivity index (χ3n) is 7.83. The number of benzene rings is 3. The van der Waals surface area contributed by atoms with Gasteiger partial charge in [-0.2, -0.15) is 0 Å². The van der Waals surface area contributed by atoms with E-state index in [4.69, 9.17) is 37.6 Å². The van der Waals surface area contributed by atoms with Crippen LogP contribution in [0, 0.1) is 0 Å². The predicted molar refractivity (Wildman–Crippen MR) is 178 cm³/mol. The van der Waals surface area contributed by atoms with E-state index in [0.29, 0.717) is 5.56 Å². The maximum Gasteiger partial charge on any atom is 0.343 e. The fourth-order valence-electron chi connectivity index (χ4n) is 5.78. The summed E-state index contributed by atoms with van der Waals surface area (Å²) in [6.07, 6.45) is -7.68. The summed E-state index contributed by atoms with van der Waals surface area (Å²) in [5, 5.41) is 9.52. The summed E-state index contributed by atoms with van der Waals surface area (Å²) < 4.78 is 46.2. The number of phenolic OH excluding ortho intramolecular Hbond substituents is 1. The van der Waals surface area contributed by atoms with Gasteiger partial charge in [0.25, 0.3) is 0 Å². The number of carbonyl (C=O) groups excluding carboxylic acids is 5. The molecule has 0 saturated carbocycles. The minimum Gasteiger partial charge on any atom is -0.508 e. The maximum atomic E-state index is 14.0. The van der Waals surface area contributed by atoms with Gasteiger partial charge in [-0.15, -0.1) is 0 Å². The van der Waals surface area contributed by atoms with Crippen molar-refractivity contribution in [2.75, 3.05) is 13.7 Å². The third kappa shape index (κ3) is 8.21. The fourth-order valence-corrected chi connectivity index (χ4v) is 5.78. The van der Waals surface area contributed by atoms with Gasteiger partial charge < -0.3 is 42.7 Å². The molecule has 0 amide bonds. The van der Waals surface area contributed by atoms with Gasteiger partial charge >= 0.3 is 29.8 Å². The Bertz CT molecular complexity index is 2050. The van der Waals surface area contributed by atoms with Crippen LogP contribution in [0.2, 0.25) is 0 Å². The minimum absolute atomic E-state index is 0.0156. The minimum atomic E-state index is -1.64. The van der Waals surface area contributed by atoms with E-state index < -0.39 is 78.2 Å². The molecule has 0 radical (unpaired) electrons. The molecule has 5 atom stereocenters. The van der Waals surface area contributed by atoms with Gasteiger partial charge in [0.1, 0.15) is 47.0 Å². The van der Waals surface area contributed by atoms with E-state index in [1.807, 2.05) is 0 Å².